The monoisotopic (exact) mass is 382 g/mol. The Hall–Kier alpha value is -2.24. The van der Waals surface area contributed by atoms with E-state index in [2.05, 4.69) is 41.4 Å². The second-order valence-corrected chi connectivity index (χ2v) is 7.95. The lowest BCUT2D eigenvalue weighted by Gasteiger charge is -2.31. The van der Waals surface area contributed by atoms with Crippen molar-refractivity contribution in [2.75, 3.05) is 19.7 Å². The molecule has 2 fully saturated rings. The fraction of sp³-hybridized carbons (Fsp3) is 0.435. The van der Waals surface area contributed by atoms with E-state index in [9.17, 15) is 9.18 Å². The largest absolute Gasteiger partial charge is 0.376 e. The van der Waals surface area contributed by atoms with Gasteiger partial charge in [0.1, 0.15) is 5.82 Å². The Morgan fingerprint density at radius 2 is 2.00 bits per heavy atom. The van der Waals surface area contributed by atoms with E-state index >= 15 is 0 Å². The molecule has 1 saturated carbocycles. The molecule has 1 amide bonds. The number of benzene rings is 2. The predicted octanol–water partition coefficient (Wildman–Crippen LogP) is 3.47. The minimum atomic E-state index is -0.239. The van der Waals surface area contributed by atoms with Crippen molar-refractivity contribution in [3.8, 4) is 0 Å². The van der Waals surface area contributed by atoms with E-state index in [4.69, 9.17) is 4.74 Å². The zero-order valence-corrected chi connectivity index (χ0v) is 16.2. The summed E-state index contributed by atoms with van der Waals surface area (Å²) < 4.78 is 18.6. The van der Waals surface area contributed by atoms with E-state index in [0.29, 0.717) is 6.54 Å². The summed E-state index contributed by atoms with van der Waals surface area (Å²) in [6.45, 7) is 6.25. The summed E-state index contributed by atoms with van der Waals surface area (Å²) in [6.07, 6.45) is 1.12. The number of morpholine rings is 1. The van der Waals surface area contributed by atoms with Gasteiger partial charge in [0.15, 0.2) is 0 Å². The first kappa shape index (κ1) is 19.1. The van der Waals surface area contributed by atoms with Crippen molar-refractivity contribution in [1.82, 2.24) is 10.2 Å². The molecule has 0 bridgehead atoms. The fourth-order valence-corrected chi connectivity index (χ4v) is 4.01. The van der Waals surface area contributed by atoms with Gasteiger partial charge in [0, 0.05) is 32.1 Å². The molecule has 2 aromatic rings. The summed E-state index contributed by atoms with van der Waals surface area (Å²) in [5, 5.41) is 3.06. The highest BCUT2D eigenvalue weighted by Gasteiger charge is 2.43. The van der Waals surface area contributed by atoms with Crippen LogP contribution < -0.4 is 5.32 Å². The van der Waals surface area contributed by atoms with Crippen molar-refractivity contribution in [1.29, 1.82) is 0 Å². The molecule has 0 aromatic heterocycles. The Balaban J connectivity index is 1.28. The smallest absolute Gasteiger partial charge is 0.224 e. The highest BCUT2D eigenvalue weighted by atomic mass is 19.1. The zero-order chi connectivity index (χ0) is 19.5. The standard InChI is InChI=1S/C23H27FN2O2/c1-16-14-26(9-10-28-16)15-18-4-2-3-17(11-18)13-25-23(27)22-12-21(22)19-5-7-20(24)8-6-19/h2-8,11,16,21-22H,9-10,12-15H2,1H3,(H,25,27). The highest BCUT2D eigenvalue weighted by Crippen LogP contribution is 2.47. The van der Waals surface area contributed by atoms with Crippen LogP contribution in [0, 0.1) is 11.7 Å². The average Bonchev–Trinajstić information content (AvgIpc) is 3.48. The van der Waals surface area contributed by atoms with Crippen molar-refractivity contribution in [2.45, 2.75) is 38.5 Å². The second-order valence-electron chi connectivity index (χ2n) is 7.95. The number of amides is 1. The molecule has 0 radical (unpaired) electrons. The molecule has 3 atom stereocenters. The molecule has 1 aliphatic carbocycles. The van der Waals surface area contributed by atoms with Gasteiger partial charge in [0.05, 0.1) is 12.7 Å². The van der Waals surface area contributed by atoms with Crippen LogP contribution >= 0.6 is 0 Å². The van der Waals surface area contributed by atoms with E-state index in [-0.39, 0.29) is 29.7 Å². The maximum absolute atomic E-state index is 13.0. The molecule has 1 heterocycles. The summed E-state index contributed by atoms with van der Waals surface area (Å²) in [5.74, 6) is 0.0669. The van der Waals surface area contributed by atoms with Crippen LogP contribution in [-0.2, 0) is 22.6 Å². The predicted molar refractivity (Wildman–Crippen MR) is 106 cm³/mol. The van der Waals surface area contributed by atoms with Gasteiger partial charge in [-0.1, -0.05) is 36.4 Å². The van der Waals surface area contributed by atoms with Gasteiger partial charge < -0.3 is 10.1 Å². The van der Waals surface area contributed by atoms with Gasteiger partial charge in [-0.15, -0.1) is 0 Å². The number of rotatable bonds is 6. The SMILES string of the molecule is CC1CN(Cc2cccc(CNC(=O)C3CC3c3ccc(F)cc3)c2)CCO1. The van der Waals surface area contributed by atoms with Gasteiger partial charge in [0.2, 0.25) is 5.91 Å². The van der Waals surface area contributed by atoms with E-state index in [1.54, 1.807) is 12.1 Å². The van der Waals surface area contributed by atoms with Crippen molar-refractivity contribution >= 4 is 5.91 Å². The average molecular weight is 382 g/mol. The number of ether oxygens (including phenoxy) is 1. The molecule has 1 aliphatic heterocycles. The Morgan fingerprint density at radius 3 is 2.79 bits per heavy atom. The third-order valence-electron chi connectivity index (χ3n) is 5.61. The number of carbonyl (C=O) groups excluding carboxylic acids is 1. The van der Waals surface area contributed by atoms with E-state index in [1.165, 1.54) is 17.7 Å². The van der Waals surface area contributed by atoms with Crippen molar-refractivity contribution < 1.29 is 13.9 Å². The Labute approximate surface area is 165 Å². The van der Waals surface area contributed by atoms with Crippen LogP contribution in [0.15, 0.2) is 48.5 Å². The van der Waals surface area contributed by atoms with E-state index < -0.39 is 0 Å². The Morgan fingerprint density at radius 1 is 1.21 bits per heavy atom. The van der Waals surface area contributed by atoms with Crippen LogP contribution in [0.4, 0.5) is 4.39 Å². The van der Waals surface area contributed by atoms with Crippen LogP contribution in [0.1, 0.15) is 36.0 Å². The van der Waals surface area contributed by atoms with Crippen LogP contribution in [0.5, 0.6) is 0 Å². The van der Waals surface area contributed by atoms with E-state index in [0.717, 1.165) is 43.8 Å². The Bertz CT molecular complexity index is 824. The number of carbonyl (C=O) groups is 1. The molecule has 3 unspecified atom stereocenters. The molecule has 148 valence electrons. The summed E-state index contributed by atoms with van der Waals surface area (Å²) >= 11 is 0. The van der Waals surface area contributed by atoms with Crippen molar-refractivity contribution in [3.63, 3.8) is 0 Å². The van der Waals surface area contributed by atoms with Gasteiger partial charge in [0.25, 0.3) is 0 Å². The van der Waals surface area contributed by atoms with Gasteiger partial charge in [-0.2, -0.15) is 0 Å². The first-order valence-corrected chi connectivity index (χ1v) is 10.0. The third-order valence-corrected chi connectivity index (χ3v) is 5.61. The zero-order valence-electron chi connectivity index (χ0n) is 16.2. The number of hydrogen-bond acceptors (Lipinski definition) is 3. The van der Waals surface area contributed by atoms with Crippen LogP contribution in [-0.4, -0.2) is 36.6 Å². The van der Waals surface area contributed by atoms with Crippen LogP contribution in [0.25, 0.3) is 0 Å². The normalized spacial score (nSPS) is 24.7. The highest BCUT2D eigenvalue weighted by molar-refractivity contribution is 5.82. The molecule has 0 spiro atoms. The van der Waals surface area contributed by atoms with E-state index in [1.807, 2.05) is 0 Å². The molecule has 1 N–H and O–H groups in total. The molecule has 4 nitrogen and oxygen atoms in total. The number of halogens is 1. The summed E-state index contributed by atoms with van der Waals surface area (Å²) in [4.78, 5) is 14.9. The molecule has 2 aliphatic rings. The maximum Gasteiger partial charge on any atom is 0.224 e. The molecule has 2 aromatic carbocycles. The lowest BCUT2D eigenvalue weighted by molar-refractivity contribution is -0.122. The van der Waals surface area contributed by atoms with Gasteiger partial charge in [-0.05, 0) is 48.1 Å². The van der Waals surface area contributed by atoms with Gasteiger partial charge >= 0.3 is 0 Å². The summed E-state index contributed by atoms with van der Waals surface area (Å²) in [6, 6.07) is 14.9. The molecule has 4 rings (SSSR count). The van der Waals surface area contributed by atoms with Crippen molar-refractivity contribution in [3.05, 3.63) is 71.0 Å². The van der Waals surface area contributed by atoms with Gasteiger partial charge in [-0.25, -0.2) is 4.39 Å². The lowest BCUT2D eigenvalue weighted by Crippen LogP contribution is -2.40. The molecule has 1 saturated heterocycles. The first-order chi connectivity index (χ1) is 13.6. The molecule has 5 heteroatoms. The fourth-order valence-electron chi connectivity index (χ4n) is 4.01. The minimum absolute atomic E-state index is 0.00322. The summed E-state index contributed by atoms with van der Waals surface area (Å²) in [7, 11) is 0. The number of nitrogens with one attached hydrogen (secondary N) is 1. The minimum Gasteiger partial charge on any atom is -0.376 e. The number of nitrogens with zero attached hydrogens (tertiary/aromatic N) is 1. The quantitative estimate of drug-likeness (QED) is 0.832. The summed E-state index contributed by atoms with van der Waals surface area (Å²) in [5.41, 5.74) is 3.42. The molecular weight excluding hydrogens is 355 g/mol. The maximum atomic E-state index is 13.0. The van der Waals surface area contributed by atoms with Crippen LogP contribution in [0.3, 0.4) is 0 Å². The molecular formula is C23H27FN2O2. The van der Waals surface area contributed by atoms with Crippen molar-refractivity contribution in [2.24, 2.45) is 5.92 Å². The van der Waals surface area contributed by atoms with Crippen LogP contribution in [0.2, 0.25) is 0 Å². The molecule has 28 heavy (non-hydrogen) atoms. The number of hydrogen-bond donors (Lipinski definition) is 1. The second kappa shape index (κ2) is 8.41. The third kappa shape index (κ3) is 4.78. The van der Waals surface area contributed by atoms with Gasteiger partial charge in [-0.3, -0.25) is 9.69 Å². The lowest BCUT2D eigenvalue weighted by atomic mass is 10.1. The Kier molecular flexibility index (Phi) is 5.74. The topological polar surface area (TPSA) is 41.6 Å². The first-order valence-electron chi connectivity index (χ1n) is 10.0.